The third-order valence-electron chi connectivity index (χ3n) is 4.72. The van der Waals surface area contributed by atoms with Crippen molar-refractivity contribution in [2.45, 2.75) is 57.9 Å². The van der Waals surface area contributed by atoms with Gasteiger partial charge in [0, 0.05) is 37.7 Å². The van der Waals surface area contributed by atoms with Gasteiger partial charge >= 0.3 is 5.97 Å². The molecule has 1 heterocycles. The van der Waals surface area contributed by atoms with Gasteiger partial charge in [-0.25, -0.2) is 0 Å². The maximum Gasteiger partial charge on any atom is 0.305 e. The number of nitrogens with one attached hydrogen (secondary N) is 1. The van der Waals surface area contributed by atoms with Crippen molar-refractivity contribution in [3.63, 3.8) is 0 Å². The lowest BCUT2D eigenvalue weighted by molar-refractivity contribution is -0.141. The quantitative estimate of drug-likeness (QED) is 0.767. The zero-order valence-electron chi connectivity index (χ0n) is 15.6. The first kappa shape index (κ1) is 19.3. The van der Waals surface area contributed by atoms with Gasteiger partial charge in [-0.15, -0.1) is 0 Å². The van der Waals surface area contributed by atoms with Crippen molar-refractivity contribution in [3.8, 4) is 0 Å². The molecule has 1 N–H and O–H groups in total. The summed E-state index contributed by atoms with van der Waals surface area (Å²) >= 11 is 0. The molecule has 1 aliphatic heterocycles. The van der Waals surface area contributed by atoms with Gasteiger partial charge in [0.15, 0.2) is 0 Å². The van der Waals surface area contributed by atoms with Gasteiger partial charge in [-0.05, 0) is 42.9 Å². The van der Waals surface area contributed by atoms with Crippen molar-refractivity contribution in [1.82, 2.24) is 4.90 Å². The lowest BCUT2D eigenvalue weighted by Gasteiger charge is -2.34. The number of likely N-dealkylation sites (tertiary alicyclic amines) is 1. The molecule has 1 aliphatic rings. The number of anilines is 1. The fourth-order valence-electron chi connectivity index (χ4n) is 3.17. The molecule has 5 heteroatoms. The Bertz CT molecular complexity index is 569. The van der Waals surface area contributed by atoms with Crippen LogP contribution >= 0.6 is 0 Å². The highest BCUT2D eigenvalue weighted by atomic mass is 16.5. The number of methoxy groups -OCH3 is 1. The normalized spacial score (nSPS) is 17.4. The number of carbonyl (C=O) groups excluding carboxylic acids is 2. The minimum atomic E-state index is -0.254. The number of carbonyl (C=O) groups is 2. The number of benzene rings is 1. The van der Waals surface area contributed by atoms with E-state index >= 15 is 0 Å². The summed E-state index contributed by atoms with van der Waals surface area (Å²) in [4.78, 5) is 25.4. The van der Waals surface area contributed by atoms with Crippen LogP contribution in [0.2, 0.25) is 0 Å². The number of hydrogen-bond donors (Lipinski definition) is 1. The molecule has 1 atom stereocenters. The van der Waals surface area contributed by atoms with E-state index < -0.39 is 0 Å². The number of ether oxygens (including phenoxy) is 1. The van der Waals surface area contributed by atoms with Crippen LogP contribution in [-0.4, -0.2) is 43.0 Å². The summed E-state index contributed by atoms with van der Waals surface area (Å²) in [5.41, 5.74) is 2.44. The van der Waals surface area contributed by atoms with Crippen LogP contribution in [-0.2, 0) is 14.3 Å². The highest BCUT2D eigenvalue weighted by Crippen LogP contribution is 2.20. The van der Waals surface area contributed by atoms with Crippen LogP contribution in [0.15, 0.2) is 24.3 Å². The molecule has 0 unspecified atom stereocenters. The first-order valence-electron chi connectivity index (χ1n) is 9.20. The van der Waals surface area contributed by atoms with E-state index in [-0.39, 0.29) is 17.9 Å². The average Bonchev–Trinajstić information content (AvgIpc) is 2.62. The van der Waals surface area contributed by atoms with Crippen molar-refractivity contribution in [1.29, 1.82) is 0 Å². The van der Waals surface area contributed by atoms with Gasteiger partial charge in [0.1, 0.15) is 0 Å². The van der Waals surface area contributed by atoms with Gasteiger partial charge in [-0.1, -0.05) is 26.0 Å². The van der Waals surface area contributed by atoms with Crippen molar-refractivity contribution in [3.05, 3.63) is 29.8 Å². The zero-order valence-corrected chi connectivity index (χ0v) is 15.6. The largest absolute Gasteiger partial charge is 0.469 e. The van der Waals surface area contributed by atoms with E-state index in [0.29, 0.717) is 25.2 Å². The minimum Gasteiger partial charge on any atom is -0.469 e. The van der Waals surface area contributed by atoms with E-state index in [1.807, 2.05) is 4.90 Å². The molecule has 2 rings (SSSR count). The molecule has 1 aromatic rings. The van der Waals surface area contributed by atoms with Crippen molar-refractivity contribution in [2.24, 2.45) is 0 Å². The van der Waals surface area contributed by atoms with Gasteiger partial charge in [0.25, 0.3) is 0 Å². The van der Waals surface area contributed by atoms with Crippen LogP contribution in [0.25, 0.3) is 0 Å². The molecule has 0 spiro atoms. The molecule has 0 saturated carbocycles. The standard InChI is InChI=1S/C20H30N2O3/c1-15(2)16-9-11-17(12-10-16)21-18-6-5-13-22(14-18)19(23)7-4-8-20(24)25-3/h9-12,15,18,21H,4-8,13-14H2,1-3H3/t18-/m0/s1. The zero-order chi connectivity index (χ0) is 18.2. The van der Waals surface area contributed by atoms with Crippen LogP contribution in [0.3, 0.4) is 0 Å². The summed E-state index contributed by atoms with van der Waals surface area (Å²) in [6, 6.07) is 8.83. The Balaban J connectivity index is 1.81. The second-order valence-corrected chi connectivity index (χ2v) is 7.03. The van der Waals surface area contributed by atoms with Crippen molar-refractivity contribution >= 4 is 17.6 Å². The molecular weight excluding hydrogens is 316 g/mol. The molecule has 1 amide bonds. The third kappa shape index (κ3) is 6.07. The molecule has 1 fully saturated rings. The fourth-order valence-corrected chi connectivity index (χ4v) is 3.17. The smallest absolute Gasteiger partial charge is 0.305 e. The summed E-state index contributed by atoms with van der Waals surface area (Å²) in [6.07, 6.45) is 3.34. The van der Waals surface area contributed by atoms with Crippen LogP contribution in [0.5, 0.6) is 0 Å². The van der Waals surface area contributed by atoms with Gasteiger partial charge in [-0.2, -0.15) is 0 Å². The highest BCUT2D eigenvalue weighted by molar-refractivity contribution is 5.77. The van der Waals surface area contributed by atoms with Crippen LogP contribution in [0.1, 0.15) is 57.4 Å². The summed E-state index contributed by atoms with van der Waals surface area (Å²) in [7, 11) is 1.37. The Morgan fingerprint density at radius 1 is 1.24 bits per heavy atom. The van der Waals surface area contributed by atoms with E-state index in [2.05, 4.69) is 48.2 Å². The topological polar surface area (TPSA) is 58.6 Å². The maximum absolute atomic E-state index is 12.3. The van der Waals surface area contributed by atoms with E-state index in [0.717, 1.165) is 31.6 Å². The SMILES string of the molecule is COC(=O)CCCC(=O)N1CCC[C@H](Nc2ccc(C(C)C)cc2)C1. The molecule has 0 radical (unpaired) electrons. The molecule has 25 heavy (non-hydrogen) atoms. The molecule has 5 nitrogen and oxygen atoms in total. The van der Waals surface area contributed by atoms with Crippen molar-refractivity contribution < 1.29 is 14.3 Å². The summed E-state index contributed by atoms with van der Waals surface area (Å²) in [5, 5.41) is 3.55. The molecule has 0 aromatic heterocycles. The Kier molecular flexibility index (Phi) is 7.29. The van der Waals surface area contributed by atoms with Crippen LogP contribution in [0, 0.1) is 0 Å². The fraction of sp³-hybridized carbons (Fsp3) is 0.600. The van der Waals surface area contributed by atoms with Crippen molar-refractivity contribution in [2.75, 3.05) is 25.5 Å². The highest BCUT2D eigenvalue weighted by Gasteiger charge is 2.23. The molecule has 138 valence electrons. The van der Waals surface area contributed by atoms with Crippen LogP contribution in [0.4, 0.5) is 5.69 Å². The third-order valence-corrected chi connectivity index (χ3v) is 4.72. The monoisotopic (exact) mass is 346 g/mol. The summed E-state index contributed by atoms with van der Waals surface area (Å²) in [5.74, 6) is 0.406. The Labute approximate surface area is 150 Å². The minimum absolute atomic E-state index is 0.130. The first-order valence-corrected chi connectivity index (χ1v) is 9.20. The molecule has 1 aromatic carbocycles. The van der Waals surface area contributed by atoms with Crippen LogP contribution < -0.4 is 5.32 Å². The second kappa shape index (κ2) is 9.44. The Morgan fingerprint density at radius 3 is 2.60 bits per heavy atom. The summed E-state index contributed by atoms with van der Waals surface area (Å²) < 4.78 is 4.61. The average molecular weight is 346 g/mol. The van der Waals surface area contributed by atoms with E-state index in [9.17, 15) is 9.59 Å². The molecule has 1 saturated heterocycles. The molecule has 0 aliphatic carbocycles. The van der Waals surface area contributed by atoms with E-state index in [1.165, 1.54) is 12.7 Å². The number of amides is 1. The second-order valence-electron chi connectivity index (χ2n) is 7.03. The number of rotatable bonds is 7. The Morgan fingerprint density at radius 2 is 1.96 bits per heavy atom. The van der Waals surface area contributed by atoms with Gasteiger partial charge in [0.05, 0.1) is 7.11 Å². The Hall–Kier alpha value is -2.04. The van der Waals surface area contributed by atoms with Gasteiger partial charge < -0.3 is 15.0 Å². The number of nitrogens with zero attached hydrogens (tertiary/aromatic N) is 1. The predicted molar refractivity (Wildman–Crippen MR) is 99.6 cm³/mol. The first-order chi connectivity index (χ1) is 12.0. The van der Waals surface area contributed by atoms with Gasteiger partial charge in [0.2, 0.25) is 5.91 Å². The molecular formula is C20H30N2O3. The number of hydrogen-bond acceptors (Lipinski definition) is 4. The van der Waals surface area contributed by atoms with E-state index in [1.54, 1.807) is 0 Å². The van der Waals surface area contributed by atoms with Gasteiger partial charge in [-0.3, -0.25) is 9.59 Å². The maximum atomic E-state index is 12.3. The lowest BCUT2D eigenvalue weighted by atomic mass is 10.0. The number of piperidine rings is 1. The van der Waals surface area contributed by atoms with E-state index in [4.69, 9.17) is 0 Å². The molecule has 0 bridgehead atoms. The number of esters is 1. The lowest BCUT2D eigenvalue weighted by Crippen LogP contribution is -2.45. The predicted octanol–water partition coefficient (Wildman–Crippen LogP) is 3.56. The summed E-state index contributed by atoms with van der Waals surface area (Å²) in [6.45, 7) is 5.91.